The minimum atomic E-state index is 0.232. The highest BCUT2D eigenvalue weighted by Gasteiger charge is 2.23. The second-order valence-corrected chi connectivity index (χ2v) is 6.46. The molecule has 1 aromatic carbocycles. The van der Waals surface area contributed by atoms with Crippen molar-refractivity contribution in [1.29, 1.82) is 0 Å². The SMILES string of the molecule is CN(C)[C@H]1CCCCN(C(=O)Cn2ccc3ccccc32)C1. The number of hydrogen-bond donors (Lipinski definition) is 0. The van der Waals surface area contributed by atoms with Crippen LogP contribution in [0.5, 0.6) is 0 Å². The standard InChI is InChI=1S/C18H25N3O/c1-19(2)16-8-5-6-11-21(13-16)18(22)14-20-12-10-15-7-3-4-9-17(15)20/h3-4,7,9-10,12,16H,5-6,8,11,13-14H2,1-2H3/t16-/m0/s1. The Bertz CT molecular complexity index is 647. The van der Waals surface area contributed by atoms with E-state index in [1.807, 2.05) is 23.2 Å². The molecule has 4 heteroatoms. The van der Waals surface area contributed by atoms with Gasteiger partial charge in [0, 0.05) is 30.8 Å². The van der Waals surface area contributed by atoms with Crippen LogP contribution in [0.4, 0.5) is 0 Å². The normalized spacial score (nSPS) is 19.6. The predicted molar refractivity (Wildman–Crippen MR) is 89.8 cm³/mol. The van der Waals surface area contributed by atoms with Gasteiger partial charge in [-0.2, -0.15) is 0 Å². The molecule has 1 atom stereocenters. The van der Waals surface area contributed by atoms with Crippen molar-refractivity contribution >= 4 is 16.8 Å². The van der Waals surface area contributed by atoms with Crippen LogP contribution in [-0.4, -0.2) is 53.5 Å². The summed E-state index contributed by atoms with van der Waals surface area (Å²) in [5, 5.41) is 1.19. The summed E-state index contributed by atoms with van der Waals surface area (Å²) in [5.74, 6) is 0.232. The molecule has 1 aromatic heterocycles. The van der Waals surface area contributed by atoms with Gasteiger partial charge >= 0.3 is 0 Å². The van der Waals surface area contributed by atoms with E-state index in [1.165, 1.54) is 18.2 Å². The zero-order chi connectivity index (χ0) is 15.5. The fourth-order valence-electron chi connectivity index (χ4n) is 3.29. The lowest BCUT2D eigenvalue weighted by atomic mass is 10.1. The van der Waals surface area contributed by atoms with E-state index in [0.29, 0.717) is 12.6 Å². The summed E-state index contributed by atoms with van der Waals surface area (Å²) in [6.45, 7) is 2.18. The quantitative estimate of drug-likeness (QED) is 0.871. The number of rotatable bonds is 3. The summed E-state index contributed by atoms with van der Waals surface area (Å²) in [5.41, 5.74) is 1.13. The number of carbonyl (C=O) groups is 1. The van der Waals surface area contributed by atoms with Crippen LogP contribution in [0.2, 0.25) is 0 Å². The third kappa shape index (κ3) is 3.17. The first-order chi connectivity index (χ1) is 10.6. The van der Waals surface area contributed by atoms with E-state index in [0.717, 1.165) is 25.0 Å². The largest absolute Gasteiger partial charge is 0.340 e. The molecule has 0 spiro atoms. The maximum Gasteiger partial charge on any atom is 0.242 e. The Kier molecular flexibility index (Phi) is 4.48. The summed E-state index contributed by atoms with van der Waals surface area (Å²) in [6.07, 6.45) is 5.52. The van der Waals surface area contributed by atoms with E-state index in [2.05, 4.69) is 41.8 Å². The van der Waals surface area contributed by atoms with Crippen molar-refractivity contribution in [3.8, 4) is 0 Å². The molecule has 3 rings (SSSR count). The van der Waals surface area contributed by atoms with Crippen molar-refractivity contribution in [2.24, 2.45) is 0 Å². The van der Waals surface area contributed by atoms with Gasteiger partial charge in [0.2, 0.25) is 5.91 Å². The smallest absolute Gasteiger partial charge is 0.242 e. The Balaban J connectivity index is 1.73. The molecule has 0 bridgehead atoms. The lowest BCUT2D eigenvalue weighted by molar-refractivity contribution is -0.132. The van der Waals surface area contributed by atoms with Gasteiger partial charge in [0.1, 0.15) is 6.54 Å². The van der Waals surface area contributed by atoms with Gasteiger partial charge in [-0.05, 0) is 44.5 Å². The van der Waals surface area contributed by atoms with E-state index >= 15 is 0 Å². The fraction of sp³-hybridized carbons (Fsp3) is 0.500. The van der Waals surface area contributed by atoms with Gasteiger partial charge in [-0.3, -0.25) is 4.79 Å². The number of aromatic nitrogens is 1. The van der Waals surface area contributed by atoms with Crippen molar-refractivity contribution in [2.45, 2.75) is 31.8 Å². The van der Waals surface area contributed by atoms with E-state index in [1.54, 1.807) is 0 Å². The van der Waals surface area contributed by atoms with Crippen molar-refractivity contribution < 1.29 is 4.79 Å². The topological polar surface area (TPSA) is 28.5 Å². The highest BCUT2D eigenvalue weighted by atomic mass is 16.2. The van der Waals surface area contributed by atoms with Crippen LogP contribution in [0.15, 0.2) is 36.5 Å². The highest BCUT2D eigenvalue weighted by Crippen LogP contribution is 2.17. The molecule has 0 radical (unpaired) electrons. The number of likely N-dealkylation sites (N-methyl/N-ethyl adjacent to an activating group) is 1. The minimum absolute atomic E-state index is 0.232. The average Bonchev–Trinajstić information content (AvgIpc) is 2.75. The monoisotopic (exact) mass is 299 g/mol. The van der Waals surface area contributed by atoms with Crippen molar-refractivity contribution in [3.63, 3.8) is 0 Å². The number of para-hydroxylation sites is 1. The summed E-state index contributed by atoms with van der Waals surface area (Å²) in [7, 11) is 4.22. The molecule has 0 aliphatic carbocycles. The van der Waals surface area contributed by atoms with E-state index in [-0.39, 0.29) is 5.91 Å². The van der Waals surface area contributed by atoms with Crippen LogP contribution in [0.25, 0.3) is 10.9 Å². The second kappa shape index (κ2) is 6.53. The number of nitrogens with zero attached hydrogens (tertiary/aromatic N) is 3. The first kappa shape index (κ1) is 15.1. The van der Waals surface area contributed by atoms with Gasteiger partial charge in [0.25, 0.3) is 0 Å². The number of likely N-dealkylation sites (tertiary alicyclic amines) is 1. The summed E-state index contributed by atoms with van der Waals surface area (Å²) in [6, 6.07) is 10.8. The van der Waals surface area contributed by atoms with Crippen LogP contribution < -0.4 is 0 Å². The number of benzene rings is 1. The van der Waals surface area contributed by atoms with Crippen molar-refractivity contribution in [1.82, 2.24) is 14.4 Å². The van der Waals surface area contributed by atoms with Crippen LogP contribution in [0.1, 0.15) is 19.3 Å². The first-order valence-corrected chi connectivity index (χ1v) is 8.13. The van der Waals surface area contributed by atoms with Gasteiger partial charge in [-0.1, -0.05) is 24.6 Å². The lowest BCUT2D eigenvalue weighted by Gasteiger charge is -2.28. The van der Waals surface area contributed by atoms with E-state index < -0.39 is 0 Å². The molecule has 0 saturated carbocycles. The van der Waals surface area contributed by atoms with E-state index in [9.17, 15) is 4.79 Å². The third-order valence-electron chi connectivity index (χ3n) is 4.72. The first-order valence-electron chi connectivity index (χ1n) is 8.13. The summed E-state index contributed by atoms with van der Waals surface area (Å²) < 4.78 is 2.06. The molecule has 1 saturated heterocycles. The van der Waals surface area contributed by atoms with Crippen molar-refractivity contribution in [3.05, 3.63) is 36.5 Å². The van der Waals surface area contributed by atoms with Crippen LogP contribution in [0.3, 0.4) is 0 Å². The molecule has 1 aliphatic rings. The zero-order valence-electron chi connectivity index (χ0n) is 13.5. The molecule has 118 valence electrons. The number of carbonyl (C=O) groups excluding carboxylic acids is 1. The molecule has 2 aromatic rings. The average molecular weight is 299 g/mol. The number of fused-ring (bicyclic) bond motifs is 1. The molecule has 0 N–H and O–H groups in total. The number of hydrogen-bond acceptors (Lipinski definition) is 2. The highest BCUT2D eigenvalue weighted by molar-refractivity contribution is 5.83. The molecular weight excluding hydrogens is 274 g/mol. The Morgan fingerprint density at radius 3 is 2.86 bits per heavy atom. The number of amides is 1. The van der Waals surface area contributed by atoms with Crippen LogP contribution in [0, 0.1) is 0 Å². The third-order valence-corrected chi connectivity index (χ3v) is 4.72. The van der Waals surface area contributed by atoms with Gasteiger partial charge in [-0.25, -0.2) is 0 Å². The van der Waals surface area contributed by atoms with Crippen LogP contribution in [-0.2, 0) is 11.3 Å². The van der Waals surface area contributed by atoms with Crippen molar-refractivity contribution in [2.75, 3.05) is 27.2 Å². The molecule has 1 amide bonds. The minimum Gasteiger partial charge on any atom is -0.340 e. The molecule has 4 nitrogen and oxygen atoms in total. The second-order valence-electron chi connectivity index (χ2n) is 6.46. The summed E-state index contributed by atoms with van der Waals surface area (Å²) in [4.78, 5) is 17.0. The lowest BCUT2D eigenvalue weighted by Crippen LogP contribution is -2.43. The maximum atomic E-state index is 12.7. The maximum absolute atomic E-state index is 12.7. The molecular formula is C18H25N3O. The molecule has 0 unspecified atom stereocenters. The predicted octanol–water partition coefficient (Wildman–Crippen LogP) is 2.58. The summed E-state index contributed by atoms with van der Waals surface area (Å²) >= 11 is 0. The van der Waals surface area contributed by atoms with Gasteiger partial charge < -0.3 is 14.4 Å². The van der Waals surface area contributed by atoms with Crippen LogP contribution >= 0.6 is 0 Å². The Morgan fingerprint density at radius 1 is 1.23 bits per heavy atom. The molecule has 1 aliphatic heterocycles. The van der Waals surface area contributed by atoms with E-state index in [4.69, 9.17) is 0 Å². The van der Waals surface area contributed by atoms with Gasteiger partial charge in [0.15, 0.2) is 0 Å². The molecule has 1 fully saturated rings. The Morgan fingerprint density at radius 2 is 2.05 bits per heavy atom. The Labute approximate surface area is 132 Å². The fourth-order valence-corrected chi connectivity index (χ4v) is 3.29. The van der Waals surface area contributed by atoms with Gasteiger partial charge in [-0.15, -0.1) is 0 Å². The Hall–Kier alpha value is -1.81. The molecule has 2 heterocycles. The zero-order valence-corrected chi connectivity index (χ0v) is 13.5. The van der Waals surface area contributed by atoms with Gasteiger partial charge in [0.05, 0.1) is 0 Å². The molecule has 22 heavy (non-hydrogen) atoms.